The number of aryl methyl sites for hydroxylation is 1. The SMILES string of the molecule is CCOc1ccccc1S(=O)(=O)NCc1cccnc1-c1cnn(C)c1. The van der Waals surface area contributed by atoms with Crippen LogP contribution in [0.3, 0.4) is 0 Å². The molecule has 0 aliphatic heterocycles. The number of hydrogen-bond acceptors (Lipinski definition) is 5. The predicted molar refractivity (Wildman–Crippen MR) is 98.1 cm³/mol. The maximum atomic E-state index is 12.7. The van der Waals surface area contributed by atoms with Crippen molar-refractivity contribution in [2.24, 2.45) is 7.05 Å². The van der Waals surface area contributed by atoms with Gasteiger partial charge < -0.3 is 4.74 Å². The van der Waals surface area contributed by atoms with Crippen LogP contribution in [0, 0.1) is 0 Å². The van der Waals surface area contributed by atoms with Crippen LogP contribution in [0.2, 0.25) is 0 Å². The van der Waals surface area contributed by atoms with Gasteiger partial charge >= 0.3 is 0 Å². The van der Waals surface area contributed by atoms with E-state index < -0.39 is 10.0 Å². The van der Waals surface area contributed by atoms with Crippen LogP contribution >= 0.6 is 0 Å². The maximum absolute atomic E-state index is 12.7. The quantitative estimate of drug-likeness (QED) is 0.688. The third kappa shape index (κ3) is 3.92. The molecule has 0 bridgehead atoms. The molecule has 0 saturated carbocycles. The second kappa shape index (κ2) is 7.67. The van der Waals surface area contributed by atoms with E-state index in [1.165, 1.54) is 6.07 Å². The fourth-order valence-electron chi connectivity index (χ4n) is 2.58. The molecule has 0 amide bonds. The monoisotopic (exact) mass is 372 g/mol. The summed E-state index contributed by atoms with van der Waals surface area (Å²) < 4.78 is 35.2. The summed E-state index contributed by atoms with van der Waals surface area (Å²) in [5.41, 5.74) is 2.29. The zero-order chi connectivity index (χ0) is 18.6. The molecule has 2 aromatic heterocycles. The summed E-state index contributed by atoms with van der Waals surface area (Å²) in [5.74, 6) is 0.334. The Labute approximate surface area is 152 Å². The third-order valence-electron chi connectivity index (χ3n) is 3.76. The van der Waals surface area contributed by atoms with Crippen LogP contribution in [0.25, 0.3) is 11.3 Å². The van der Waals surface area contributed by atoms with Crippen LogP contribution in [0.5, 0.6) is 5.75 Å². The summed E-state index contributed by atoms with van der Waals surface area (Å²) in [6.07, 6.45) is 5.21. The second-order valence-corrected chi connectivity index (χ2v) is 7.35. The molecular formula is C18H20N4O3S. The molecule has 2 heterocycles. The highest BCUT2D eigenvalue weighted by atomic mass is 32.2. The molecule has 3 rings (SSSR count). The van der Waals surface area contributed by atoms with E-state index in [1.54, 1.807) is 41.3 Å². The van der Waals surface area contributed by atoms with Gasteiger partial charge in [-0.05, 0) is 30.7 Å². The highest BCUT2D eigenvalue weighted by Crippen LogP contribution is 2.24. The summed E-state index contributed by atoms with van der Waals surface area (Å²) in [6.45, 7) is 2.31. The van der Waals surface area contributed by atoms with Crippen molar-refractivity contribution >= 4 is 10.0 Å². The van der Waals surface area contributed by atoms with Gasteiger partial charge in [-0.25, -0.2) is 13.1 Å². The molecule has 8 heteroatoms. The number of nitrogens with zero attached hydrogens (tertiary/aromatic N) is 3. The van der Waals surface area contributed by atoms with Gasteiger partial charge in [0.1, 0.15) is 10.6 Å². The van der Waals surface area contributed by atoms with Gasteiger partial charge in [0.15, 0.2) is 0 Å². The van der Waals surface area contributed by atoms with Crippen molar-refractivity contribution in [3.05, 3.63) is 60.6 Å². The Morgan fingerprint density at radius 3 is 2.73 bits per heavy atom. The Morgan fingerprint density at radius 2 is 2.00 bits per heavy atom. The predicted octanol–water partition coefficient (Wildman–Crippen LogP) is 2.36. The molecule has 3 aromatic rings. The number of nitrogens with one attached hydrogen (secondary N) is 1. The van der Waals surface area contributed by atoms with Gasteiger partial charge in [-0.2, -0.15) is 5.10 Å². The fourth-order valence-corrected chi connectivity index (χ4v) is 3.73. The number of ether oxygens (including phenoxy) is 1. The summed E-state index contributed by atoms with van der Waals surface area (Å²) in [7, 11) is -1.91. The first kappa shape index (κ1) is 18.1. The van der Waals surface area contributed by atoms with Gasteiger partial charge in [-0.3, -0.25) is 9.67 Å². The molecule has 0 aliphatic carbocycles. The Hall–Kier alpha value is -2.71. The van der Waals surface area contributed by atoms with E-state index in [9.17, 15) is 8.42 Å². The van der Waals surface area contributed by atoms with E-state index in [1.807, 2.05) is 26.2 Å². The van der Waals surface area contributed by atoms with E-state index in [0.717, 1.165) is 11.1 Å². The lowest BCUT2D eigenvalue weighted by molar-refractivity contribution is 0.331. The zero-order valence-electron chi connectivity index (χ0n) is 14.6. The first-order valence-corrected chi connectivity index (χ1v) is 9.64. The summed E-state index contributed by atoms with van der Waals surface area (Å²) in [6, 6.07) is 10.2. The van der Waals surface area contributed by atoms with E-state index in [-0.39, 0.29) is 11.4 Å². The van der Waals surface area contributed by atoms with Gasteiger partial charge in [0, 0.05) is 31.5 Å². The van der Waals surface area contributed by atoms with Crippen LogP contribution in [0.1, 0.15) is 12.5 Å². The molecule has 1 N–H and O–H groups in total. The Bertz CT molecular complexity index is 999. The van der Waals surface area contributed by atoms with Gasteiger partial charge in [0.05, 0.1) is 18.5 Å². The summed E-state index contributed by atoms with van der Waals surface area (Å²) in [4.78, 5) is 4.49. The van der Waals surface area contributed by atoms with Gasteiger partial charge in [-0.15, -0.1) is 0 Å². The van der Waals surface area contributed by atoms with Gasteiger partial charge in [0.25, 0.3) is 0 Å². The average molecular weight is 372 g/mol. The molecule has 0 aliphatic rings. The molecular weight excluding hydrogens is 352 g/mol. The maximum Gasteiger partial charge on any atom is 0.244 e. The van der Waals surface area contributed by atoms with E-state index in [4.69, 9.17) is 4.74 Å². The standard InChI is InChI=1S/C18H20N4O3S/c1-3-25-16-8-4-5-9-17(16)26(23,24)21-12-14-7-6-10-19-18(14)15-11-20-22(2)13-15/h4-11,13,21H,3,12H2,1-2H3. The van der Waals surface area contributed by atoms with Crippen molar-refractivity contribution in [3.8, 4) is 17.0 Å². The highest BCUT2D eigenvalue weighted by Gasteiger charge is 2.20. The number of para-hydroxylation sites is 1. The van der Waals surface area contributed by atoms with Crippen molar-refractivity contribution in [2.45, 2.75) is 18.4 Å². The number of aromatic nitrogens is 3. The number of sulfonamides is 1. The molecule has 136 valence electrons. The smallest absolute Gasteiger partial charge is 0.244 e. The Balaban J connectivity index is 1.86. The molecule has 26 heavy (non-hydrogen) atoms. The number of pyridine rings is 1. The zero-order valence-corrected chi connectivity index (χ0v) is 15.4. The number of benzene rings is 1. The fraction of sp³-hybridized carbons (Fsp3) is 0.222. The topological polar surface area (TPSA) is 86.1 Å². The van der Waals surface area contributed by atoms with Crippen LogP contribution in [-0.2, 0) is 23.6 Å². The van der Waals surface area contributed by atoms with Crippen molar-refractivity contribution in [3.63, 3.8) is 0 Å². The van der Waals surface area contributed by atoms with E-state index in [0.29, 0.717) is 18.1 Å². The van der Waals surface area contributed by atoms with Crippen LogP contribution in [0.4, 0.5) is 0 Å². The van der Waals surface area contributed by atoms with Crippen LogP contribution < -0.4 is 9.46 Å². The number of hydrogen-bond donors (Lipinski definition) is 1. The molecule has 0 unspecified atom stereocenters. The minimum absolute atomic E-state index is 0.112. The largest absolute Gasteiger partial charge is 0.492 e. The lowest BCUT2D eigenvalue weighted by Gasteiger charge is -2.12. The van der Waals surface area contributed by atoms with Gasteiger partial charge in [-0.1, -0.05) is 18.2 Å². The lowest BCUT2D eigenvalue weighted by atomic mass is 10.1. The molecule has 0 fully saturated rings. The van der Waals surface area contributed by atoms with Crippen molar-refractivity contribution in [2.75, 3.05) is 6.61 Å². The normalized spacial score (nSPS) is 11.5. The first-order valence-electron chi connectivity index (χ1n) is 8.15. The summed E-state index contributed by atoms with van der Waals surface area (Å²) in [5, 5.41) is 4.14. The number of rotatable bonds is 7. The summed E-state index contributed by atoms with van der Waals surface area (Å²) >= 11 is 0. The minimum Gasteiger partial charge on any atom is -0.492 e. The van der Waals surface area contributed by atoms with Crippen LogP contribution in [-0.4, -0.2) is 29.8 Å². The van der Waals surface area contributed by atoms with Crippen LogP contribution in [0.15, 0.2) is 59.9 Å². The highest BCUT2D eigenvalue weighted by molar-refractivity contribution is 7.89. The van der Waals surface area contributed by atoms with E-state index in [2.05, 4.69) is 14.8 Å². The molecule has 0 saturated heterocycles. The molecule has 0 spiro atoms. The Kier molecular flexibility index (Phi) is 5.34. The minimum atomic E-state index is -3.73. The molecule has 0 radical (unpaired) electrons. The second-order valence-electron chi connectivity index (χ2n) is 5.62. The molecule has 7 nitrogen and oxygen atoms in total. The average Bonchev–Trinajstić information content (AvgIpc) is 3.07. The molecule has 1 aromatic carbocycles. The van der Waals surface area contributed by atoms with Crippen molar-refractivity contribution in [1.29, 1.82) is 0 Å². The molecule has 0 atom stereocenters. The van der Waals surface area contributed by atoms with Gasteiger partial charge in [0.2, 0.25) is 10.0 Å². The first-order chi connectivity index (χ1) is 12.5. The van der Waals surface area contributed by atoms with Crippen molar-refractivity contribution < 1.29 is 13.2 Å². The third-order valence-corrected chi connectivity index (χ3v) is 5.20. The van der Waals surface area contributed by atoms with Crippen molar-refractivity contribution in [1.82, 2.24) is 19.5 Å². The van der Waals surface area contributed by atoms with E-state index >= 15 is 0 Å². The Morgan fingerprint density at radius 1 is 1.19 bits per heavy atom. The lowest BCUT2D eigenvalue weighted by Crippen LogP contribution is -2.24.